The maximum atomic E-state index is 11.7. The van der Waals surface area contributed by atoms with Crippen molar-refractivity contribution in [3.8, 4) is 5.75 Å². The number of benzene rings is 2. The zero-order valence-electron chi connectivity index (χ0n) is 13.9. The van der Waals surface area contributed by atoms with Crippen LogP contribution in [0.3, 0.4) is 0 Å². The summed E-state index contributed by atoms with van der Waals surface area (Å²) in [5.74, 6) is -2.40. The summed E-state index contributed by atoms with van der Waals surface area (Å²) in [7, 11) is 0. The highest BCUT2D eigenvalue weighted by atomic mass is 16.5. The first kappa shape index (κ1) is 18.7. The summed E-state index contributed by atoms with van der Waals surface area (Å²) in [6, 6.07) is 13.4. The summed E-state index contributed by atoms with van der Waals surface area (Å²) in [6.45, 7) is 1.48. The number of hydrogen-bond donors (Lipinski definition) is 3. The van der Waals surface area contributed by atoms with E-state index in [1.165, 1.54) is 6.21 Å². The number of anilines is 1. The molecular weight excluding hydrogens is 338 g/mol. The van der Waals surface area contributed by atoms with Gasteiger partial charge in [0.05, 0.1) is 6.21 Å². The number of aliphatic carboxylic acids is 1. The molecule has 0 saturated carbocycles. The van der Waals surface area contributed by atoms with Crippen LogP contribution >= 0.6 is 0 Å². The van der Waals surface area contributed by atoms with Crippen LogP contribution in [0.4, 0.5) is 5.69 Å². The monoisotopic (exact) mass is 355 g/mol. The fraction of sp³-hybridized carbons (Fsp3) is 0.111. The summed E-state index contributed by atoms with van der Waals surface area (Å²) in [5.41, 5.74) is 4.31. The van der Waals surface area contributed by atoms with Gasteiger partial charge < -0.3 is 15.2 Å². The van der Waals surface area contributed by atoms with Crippen LogP contribution in [0.2, 0.25) is 0 Å². The predicted molar refractivity (Wildman–Crippen MR) is 95.1 cm³/mol. The quantitative estimate of drug-likeness (QED) is 0.413. The first-order chi connectivity index (χ1) is 12.4. The molecule has 0 aromatic heterocycles. The summed E-state index contributed by atoms with van der Waals surface area (Å²) < 4.78 is 4.99. The lowest BCUT2D eigenvalue weighted by Gasteiger charge is -2.04. The molecule has 0 bridgehead atoms. The Morgan fingerprint density at radius 1 is 1.04 bits per heavy atom. The minimum absolute atomic E-state index is 0.395. The molecule has 0 aliphatic carbocycles. The Morgan fingerprint density at radius 3 is 2.31 bits per heavy atom. The van der Waals surface area contributed by atoms with E-state index in [0.717, 1.165) is 5.56 Å². The van der Waals surface area contributed by atoms with Gasteiger partial charge in [-0.15, -0.1) is 0 Å². The molecule has 8 nitrogen and oxygen atoms in total. The number of nitrogens with zero attached hydrogens (tertiary/aromatic N) is 1. The largest absolute Gasteiger partial charge is 0.482 e. The van der Waals surface area contributed by atoms with Gasteiger partial charge in [-0.25, -0.2) is 10.2 Å². The second-order valence-corrected chi connectivity index (χ2v) is 5.27. The van der Waals surface area contributed by atoms with E-state index in [-0.39, 0.29) is 0 Å². The first-order valence-electron chi connectivity index (χ1n) is 7.60. The van der Waals surface area contributed by atoms with Crippen molar-refractivity contribution in [3.05, 3.63) is 59.7 Å². The fourth-order valence-electron chi connectivity index (χ4n) is 1.84. The number of nitrogens with one attached hydrogen (secondary N) is 2. The lowest BCUT2D eigenvalue weighted by atomic mass is 10.2. The van der Waals surface area contributed by atoms with E-state index in [2.05, 4.69) is 15.8 Å². The molecule has 0 aliphatic heterocycles. The molecule has 0 radical (unpaired) electrons. The first-order valence-corrected chi connectivity index (χ1v) is 7.60. The Kier molecular flexibility index (Phi) is 6.44. The second kappa shape index (κ2) is 8.97. The zero-order valence-corrected chi connectivity index (χ0v) is 13.9. The second-order valence-electron chi connectivity index (χ2n) is 5.27. The van der Waals surface area contributed by atoms with Crippen molar-refractivity contribution < 1.29 is 24.2 Å². The molecule has 2 amide bonds. The maximum absolute atomic E-state index is 11.7. The number of amides is 2. The standard InChI is InChI=1S/C18H17N3O5/c1-12-2-6-14(7-3-12)20-17(24)18(25)21-19-10-13-4-8-15(9-5-13)26-11-16(22)23/h2-10H,11H2,1H3,(H,20,24)(H,21,25)(H,22,23). The predicted octanol–water partition coefficient (Wildman–Crippen LogP) is 1.55. The molecule has 0 unspecified atom stereocenters. The average molecular weight is 355 g/mol. The maximum Gasteiger partial charge on any atom is 0.341 e. The molecule has 2 aromatic rings. The van der Waals surface area contributed by atoms with E-state index in [4.69, 9.17) is 9.84 Å². The molecule has 0 aliphatic rings. The van der Waals surface area contributed by atoms with Gasteiger partial charge in [-0.3, -0.25) is 9.59 Å². The smallest absolute Gasteiger partial charge is 0.341 e. The van der Waals surface area contributed by atoms with Gasteiger partial charge in [-0.05, 0) is 48.9 Å². The molecule has 2 aromatic carbocycles. The van der Waals surface area contributed by atoms with Gasteiger partial charge in [-0.2, -0.15) is 5.10 Å². The van der Waals surface area contributed by atoms with Gasteiger partial charge in [-0.1, -0.05) is 17.7 Å². The van der Waals surface area contributed by atoms with E-state index in [9.17, 15) is 14.4 Å². The lowest BCUT2D eigenvalue weighted by molar-refractivity contribution is -0.139. The van der Waals surface area contributed by atoms with Crippen molar-refractivity contribution in [2.24, 2.45) is 5.10 Å². The van der Waals surface area contributed by atoms with Crippen LogP contribution in [0, 0.1) is 6.92 Å². The summed E-state index contributed by atoms with van der Waals surface area (Å²) >= 11 is 0. The fourth-order valence-corrected chi connectivity index (χ4v) is 1.84. The van der Waals surface area contributed by atoms with Crippen molar-refractivity contribution in [1.82, 2.24) is 5.43 Å². The SMILES string of the molecule is Cc1ccc(NC(=O)C(=O)NN=Cc2ccc(OCC(=O)O)cc2)cc1. The summed E-state index contributed by atoms with van der Waals surface area (Å²) in [5, 5.41) is 14.7. The third-order valence-corrected chi connectivity index (χ3v) is 3.14. The van der Waals surface area contributed by atoms with Crippen LogP contribution in [0.5, 0.6) is 5.75 Å². The molecule has 2 rings (SSSR count). The number of carboxylic acids is 1. The van der Waals surface area contributed by atoms with Crippen LogP contribution in [0.1, 0.15) is 11.1 Å². The topological polar surface area (TPSA) is 117 Å². The third-order valence-electron chi connectivity index (χ3n) is 3.14. The van der Waals surface area contributed by atoms with Gasteiger partial charge in [0.1, 0.15) is 5.75 Å². The van der Waals surface area contributed by atoms with Crippen molar-refractivity contribution in [3.63, 3.8) is 0 Å². The van der Waals surface area contributed by atoms with Gasteiger partial charge in [0, 0.05) is 5.69 Å². The molecule has 3 N–H and O–H groups in total. The number of hydrogen-bond acceptors (Lipinski definition) is 5. The third kappa shape index (κ3) is 6.08. The minimum atomic E-state index is -1.07. The number of aryl methyl sites for hydroxylation is 1. The normalized spacial score (nSPS) is 10.3. The summed E-state index contributed by atoms with van der Waals surface area (Å²) in [6.07, 6.45) is 1.35. The highest BCUT2D eigenvalue weighted by molar-refractivity contribution is 6.39. The van der Waals surface area contributed by atoms with Gasteiger partial charge in [0.2, 0.25) is 0 Å². The molecule has 26 heavy (non-hydrogen) atoms. The van der Waals surface area contributed by atoms with Gasteiger partial charge >= 0.3 is 17.8 Å². The minimum Gasteiger partial charge on any atom is -0.482 e. The van der Waals surface area contributed by atoms with E-state index in [0.29, 0.717) is 17.0 Å². The molecule has 0 fully saturated rings. The van der Waals surface area contributed by atoms with E-state index < -0.39 is 24.4 Å². The number of rotatable bonds is 6. The average Bonchev–Trinajstić information content (AvgIpc) is 2.62. The molecular formula is C18H17N3O5. The number of carbonyl (C=O) groups excluding carboxylic acids is 2. The molecule has 134 valence electrons. The molecule has 0 spiro atoms. The van der Waals surface area contributed by atoms with Crippen LogP contribution < -0.4 is 15.5 Å². The Morgan fingerprint density at radius 2 is 1.69 bits per heavy atom. The van der Waals surface area contributed by atoms with Crippen LogP contribution in [0.25, 0.3) is 0 Å². The van der Waals surface area contributed by atoms with Crippen molar-refractivity contribution in [2.45, 2.75) is 6.92 Å². The highest BCUT2D eigenvalue weighted by Gasteiger charge is 2.12. The van der Waals surface area contributed by atoms with Crippen molar-refractivity contribution in [2.75, 3.05) is 11.9 Å². The van der Waals surface area contributed by atoms with Crippen molar-refractivity contribution in [1.29, 1.82) is 0 Å². The molecule has 8 heteroatoms. The molecule has 0 saturated heterocycles. The molecule has 0 atom stereocenters. The van der Waals surface area contributed by atoms with E-state index in [1.54, 1.807) is 36.4 Å². The number of ether oxygens (including phenoxy) is 1. The highest BCUT2D eigenvalue weighted by Crippen LogP contribution is 2.11. The Labute approximate surface area is 149 Å². The zero-order chi connectivity index (χ0) is 18.9. The van der Waals surface area contributed by atoms with Crippen LogP contribution in [-0.2, 0) is 14.4 Å². The lowest BCUT2D eigenvalue weighted by Crippen LogP contribution is -2.32. The Balaban J connectivity index is 1.83. The van der Waals surface area contributed by atoms with Crippen LogP contribution in [0.15, 0.2) is 53.6 Å². The Hall–Kier alpha value is -3.68. The van der Waals surface area contributed by atoms with Gasteiger partial charge in [0.25, 0.3) is 0 Å². The number of carbonyl (C=O) groups is 3. The van der Waals surface area contributed by atoms with Crippen LogP contribution in [-0.4, -0.2) is 35.7 Å². The number of carboxylic acid groups (broad SMARTS) is 1. The number of hydrazone groups is 1. The Bertz CT molecular complexity index is 814. The van der Waals surface area contributed by atoms with Crippen molar-refractivity contribution >= 4 is 29.7 Å². The summed E-state index contributed by atoms with van der Waals surface area (Å²) in [4.78, 5) is 33.9. The molecule has 0 heterocycles. The van der Waals surface area contributed by atoms with Gasteiger partial charge in [0.15, 0.2) is 6.61 Å². The van der Waals surface area contributed by atoms with E-state index in [1.807, 2.05) is 19.1 Å². The van der Waals surface area contributed by atoms with E-state index >= 15 is 0 Å².